The van der Waals surface area contributed by atoms with E-state index in [9.17, 15) is 9.18 Å². The molecular formula is C29H30FN3O2. The normalized spacial score (nSPS) is 15.9. The fourth-order valence-corrected chi connectivity index (χ4v) is 4.88. The van der Waals surface area contributed by atoms with E-state index in [1.165, 1.54) is 17.7 Å². The summed E-state index contributed by atoms with van der Waals surface area (Å²) < 4.78 is 21.7. The third-order valence-corrected chi connectivity index (χ3v) is 6.66. The Bertz CT molecular complexity index is 1330. The third kappa shape index (κ3) is 4.92. The average molecular weight is 472 g/mol. The molecule has 1 atom stereocenters. The van der Waals surface area contributed by atoms with Gasteiger partial charge in [-0.3, -0.25) is 4.79 Å². The summed E-state index contributed by atoms with van der Waals surface area (Å²) in [5, 5.41) is 0. The Morgan fingerprint density at radius 3 is 2.57 bits per heavy atom. The van der Waals surface area contributed by atoms with E-state index in [1.807, 2.05) is 41.3 Å². The van der Waals surface area contributed by atoms with Gasteiger partial charge in [0.05, 0.1) is 17.6 Å². The van der Waals surface area contributed by atoms with Crippen LogP contribution in [0.15, 0.2) is 72.8 Å². The molecule has 0 saturated carbocycles. The van der Waals surface area contributed by atoms with Crippen molar-refractivity contribution in [2.24, 2.45) is 0 Å². The Morgan fingerprint density at radius 1 is 1.03 bits per heavy atom. The van der Waals surface area contributed by atoms with E-state index in [0.717, 1.165) is 28.2 Å². The lowest BCUT2D eigenvalue weighted by atomic mass is 10.0. The SMILES string of the molecule is CC(C)c1ccccc1OCCn1c(C2CC(=O)N(Cc3ccc(F)cc3)C2)nc2ccccc21. The number of nitrogens with zero attached hydrogens (tertiary/aromatic N) is 3. The number of fused-ring (bicyclic) bond motifs is 1. The minimum Gasteiger partial charge on any atom is -0.491 e. The Labute approximate surface area is 205 Å². The van der Waals surface area contributed by atoms with Crippen molar-refractivity contribution in [3.63, 3.8) is 0 Å². The fourth-order valence-electron chi connectivity index (χ4n) is 4.88. The molecule has 1 saturated heterocycles. The van der Waals surface area contributed by atoms with Crippen LogP contribution in [0, 0.1) is 5.82 Å². The van der Waals surface area contributed by atoms with Crippen LogP contribution in [0.25, 0.3) is 11.0 Å². The van der Waals surface area contributed by atoms with Gasteiger partial charge in [0, 0.05) is 25.4 Å². The summed E-state index contributed by atoms with van der Waals surface area (Å²) in [7, 11) is 0. The molecule has 5 nitrogen and oxygen atoms in total. The molecule has 1 aromatic heterocycles. The van der Waals surface area contributed by atoms with Gasteiger partial charge in [-0.25, -0.2) is 9.37 Å². The van der Waals surface area contributed by atoms with Gasteiger partial charge >= 0.3 is 0 Å². The maximum absolute atomic E-state index is 13.3. The summed E-state index contributed by atoms with van der Waals surface area (Å²) in [5.41, 5.74) is 4.09. The van der Waals surface area contributed by atoms with Gasteiger partial charge in [-0.15, -0.1) is 0 Å². The number of para-hydroxylation sites is 3. The van der Waals surface area contributed by atoms with Crippen LogP contribution >= 0.6 is 0 Å². The van der Waals surface area contributed by atoms with Crippen molar-refractivity contribution in [1.82, 2.24) is 14.5 Å². The molecule has 4 aromatic rings. The van der Waals surface area contributed by atoms with Crippen LogP contribution in [0.2, 0.25) is 0 Å². The van der Waals surface area contributed by atoms with Crippen LogP contribution in [0.4, 0.5) is 4.39 Å². The summed E-state index contributed by atoms with van der Waals surface area (Å²) in [4.78, 5) is 19.6. The summed E-state index contributed by atoms with van der Waals surface area (Å²) in [6, 6.07) is 22.6. The van der Waals surface area contributed by atoms with E-state index in [1.54, 1.807) is 12.1 Å². The average Bonchev–Trinajstić information content (AvgIpc) is 3.41. The smallest absolute Gasteiger partial charge is 0.223 e. The van der Waals surface area contributed by atoms with Gasteiger partial charge in [-0.1, -0.05) is 56.3 Å². The zero-order chi connectivity index (χ0) is 24.4. The zero-order valence-corrected chi connectivity index (χ0v) is 20.2. The minimum atomic E-state index is -0.272. The standard InChI is InChI=1S/C29H30FN3O2/c1-20(2)24-7-3-6-10-27(24)35-16-15-33-26-9-5-4-8-25(26)31-29(33)22-17-28(34)32(19-22)18-21-11-13-23(30)14-12-21/h3-14,20,22H,15-19H2,1-2H3. The Hall–Kier alpha value is -3.67. The first-order chi connectivity index (χ1) is 17.0. The summed E-state index contributed by atoms with van der Waals surface area (Å²) in [6.07, 6.45) is 0.418. The lowest BCUT2D eigenvalue weighted by Gasteiger charge is -2.18. The second-order valence-electron chi connectivity index (χ2n) is 9.45. The summed E-state index contributed by atoms with van der Waals surface area (Å²) >= 11 is 0. The number of amides is 1. The van der Waals surface area contributed by atoms with Crippen LogP contribution < -0.4 is 4.74 Å². The van der Waals surface area contributed by atoms with E-state index < -0.39 is 0 Å². The highest BCUT2D eigenvalue weighted by atomic mass is 19.1. The molecule has 5 rings (SSSR count). The van der Waals surface area contributed by atoms with Gasteiger partial charge in [0.15, 0.2) is 0 Å². The number of aromatic nitrogens is 2. The lowest BCUT2D eigenvalue weighted by Crippen LogP contribution is -2.24. The molecule has 2 heterocycles. The number of carbonyl (C=O) groups is 1. The molecule has 6 heteroatoms. The first kappa shape index (κ1) is 23.1. The molecule has 35 heavy (non-hydrogen) atoms. The molecule has 0 bridgehead atoms. The number of hydrogen-bond acceptors (Lipinski definition) is 3. The second kappa shape index (κ2) is 9.90. The van der Waals surface area contributed by atoms with Crippen molar-refractivity contribution in [3.05, 3.63) is 95.6 Å². The number of carbonyl (C=O) groups excluding carboxylic acids is 1. The van der Waals surface area contributed by atoms with Crippen LogP contribution in [0.3, 0.4) is 0 Å². The van der Waals surface area contributed by atoms with Crippen molar-refractivity contribution in [1.29, 1.82) is 0 Å². The predicted octanol–water partition coefficient (Wildman–Crippen LogP) is 5.89. The van der Waals surface area contributed by atoms with Gasteiger partial charge in [0.25, 0.3) is 0 Å². The predicted molar refractivity (Wildman–Crippen MR) is 135 cm³/mol. The monoisotopic (exact) mass is 471 g/mol. The number of benzene rings is 3. The molecule has 1 fully saturated rings. The van der Waals surface area contributed by atoms with E-state index in [0.29, 0.717) is 38.6 Å². The van der Waals surface area contributed by atoms with Crippen molar-refractivity contribution >= 4 is 16.9 Å². The van der Waals surface area contributed by atoms with Crippen molar-refractivity contribution in [2.45, 2.75) is 45.2 Å². The lowest BCUT2D eigenvalue weighted by molar-refractivity contribution is -0.128. The summed E-state index contributed by atoms with van der Waals surface area (Å²) in [5.74, 6) is 2.04. The molecule has 1 amide bonds. The van der Waals surface area contributed by atoms with Gasteiger partial charge < -0.3 is 14.2 Å². The van der Waals surface area contributed by atoms with E-state index in [2.05, 4.69) is 30.5 Å². The molecule has 0 spiro atoms. The molecule has 1 unspecified atom stereocenters. The Kier molecular flexibility index (Phi) is 6.53. The zero-order valence-electron chi connectivity index (χ0n) is 20.2. The van der Waals surface area contributed by atoms with E-state index >= 15 is 0 Å². The molecular weight excluding hydrogens is 441 g/mol. The maximum atomic E-state index is 13.3. The third-order valence-electron chi connectivity index (χ3n) is 6.66. The second-order valence-corrected chi connectivity index (χ2v) is 9.45. The molecule has 3 aromatic carbocycles. The highest BCUT2D eigenvalue weighted by Crippen LogP contribution is 2.32. The van der Waals surface area contributed by atoms with Crippen molar-refractivity contribution in [2.75, 3.05) is 13.2 Å². The van der Waals surface area contributed by atoms with Crippen LogP contribution in [-0.4, -0.2) is 33.5 Å². The topological polar surface area (TPSA) is 47.4 Å². The number of ether oxygens (including phenoxy) is 1. The molecule has 0 aliphatic carbocycles. The number of halogens is 1. The Morgan fingerprint density at radius 2 is 1.77 bits per heavy atom. The van der Waals surface area contributed by atoms with Gasteiger partial charge in [0.2, 0.25) is 5.91 Å². The van der Waals surface area contributed by atoms with Gasteiger partial charge in [-0.2, -0.15) is 0 Å². The first-order valence-electron chi connectivity index (χ1n) is 12.2. The molecule has 0 N–H and O–H groups in total. The van der Waals surface area contributed by atoms with Crippen LogP contribution in [0.1, 0.15) is 49.1 Å². The highest BCUT2D eigenvalue weighted by molar-refractivity contribution is 5.81. The molecule has 1 aliphatic heterocycles. The van der Waals surface area contributed by atoms with Crippen LogP contribution in [0.5, 0.6) is 5.75 Å². The number of likely N-dealkylation sites (tertiary alicyclic amines) is 1. The van der Waals surface area contributed by atoms with E-state index in [4.69, 9.17) is 9.72 Å². The van der Waals surface area contributed by atoms with Gasteiger partial charge in [0.1, 0.15) is 24.0 Å². The van der Waals surface area contributed by atoms with Crippen molar-refractivity contribution in [3.8, 4) is 5.75 Å². The molecule has 180 valence electrons. The number of imidazole rings is 1. The largest absolute Gasteiger partial charge is 0.491 e. The quantitative estimate of drug-likeness (QED) is 0.322. The molecule has 1 aliphatic rings. The van der Waals surface area contributed by atoms with Gasteiger partial charge in [-0.05, 0) is 47.4 Å². The fraction of sp³-hybridized carbons (Fsp3) is 0.310. The molecule has 0 radical (unpaired) electrons. The van der Waals surface area contributed by atoms with E-state index in [-0.39, 0.29) is 17.6 Å². The summed E-state index contributed by atoms with van der Waals surface area (Å²) in [6.45, 7) is 6.56. The highest BCUT2D eigenvalue weighted by Gasteiger charge is 2.34. The van der Waals surface area contributed by atoms with Crippen molar-refractivity contribution < 1.29 is 13.9 Å². The number of hydrogen-bond donors (Lipinski definition) is 0. The maximum Gasteiger partial charge on any atom is 0.223 e. The number of rotatable bonds is 8. The first-order valence-corrected chi connectivity index (χ1v) is 12.2. The van der Waals surface area contributed by atoms with Crippen LogP contribution in [-0.2, 0) is 17.9 Å². The minimum absolute atomic E-state index is 0.00158. The Balaban J connectivity index is 1.35.